The summed E-state index contributed by atoms with van der Waals surface area (Å²) in [6, 6.07) is 4.85. The van der Waals surface area contributed by atoms with Gasteiger partial charge in [-0.15, -0.1) is 0 Å². The number of rotatable bonds is 2. The monoisotopic (exact) mass is 299 g/mol. The minimum absolute atomic E-state index is 0.218. The van der Waals surface area contributed by atoms with Gasteiger partial charge in [-0.2, -0.15) is 17.9 Å². The molecule has 0 saturated heterocycles. The molecule has 6 heteroatoms. The molecule has 0 N–H and O–H groups in total. The van der Waals surface area contributed by atoms with E-state index in [9.17, 15) is 23.2 Å². The molecular weight excluding hydrogens is 283 g/mol. The molecule has 21 heavy (non-hydrogen) atoms. The van der Waals surface area contributed by atoms with E-state index in [4.69, 9.17) is 0 Å². The lowest BCUT2D eigenvalue weighted by atomic mass is 9.82. The lowest BCUT2D eigenvalue weighted by molar-refractivity contribution is -0.525. The predicted molar refractivity (Wildman–Crippen MR) is 72.1 cm³/mol. The molecule has 1 saturated carbocycles. The molecule has 1 aromatic carbocycles. The third-order valence-electron chi connectivity index (χ3n) is 3.93. The third kappa shape index (κ3) is 3.09. The lowest BCUT2D eigenvalue weighted by Crippen LogP contribution is -2.47. The quantitative estimate of drug-likeness (QED) is 0.363. The van der Waals surface area contributed by atoms with Gasteiger partial charge < -0.3 is 5.21 Å². The number of hydrogen-bond donors (Lipinski definition) is 0. The van der Waals surface area contributed by atoms with Gasteiger partial charge in [0.05, 0.1) is 11.1 Å². The Balaban J connectivity index is 2.42. The van der Waals surface area contributed by atoms with Crippen molar-refractivity contribution < 1.29 is 22.7 Å². The normalized spacial score (nSPS) is 24.2. The number of Topliss-reactive ketones (excluding diaryl/α,β-unsaturated/α-hetero) is 1. The van der Waals surface area contributed by atoms with Crippen LogP contribution in [0.25, 0.3) is 0 Å². The van der Waals surface area contributed by atoms with Crippen molar-refractivity contribution in [3.8, 4) is 0 Å². The number of halogens is 3. The van der Waals surface area contributed by atoms with Gasteiger partial charge in [0, 0.05) is 19.8 Å². The topological polar surface area (TPSA) is 43.1 Å². The van der Waals surface area contributed by atoms with Gasteiger partial charge in [0.1, 0.15) is 0 Å². The SMILES string of the molecule is CC1(/[N+]([O-])=C/c2ccccc2C(F)(F)F)CCCCC1=O. The van der Waals surface area contributed by atoms with Crippen LogP contribution in [0, 0.1) is 5.21 Å². The Morgan fingerprint density at radius 3 is 2.57 bits per heavy atom. The van der Waals surface area contributed by atoms with Crippen LogP contribution < -0.4 is 0 Å². The van der Waals surface area contributed by atoms with E-state index in [2.05, 4.69) is 0 Å². The van der Waals surface area contributed by atoms with Crippen molar-refractivity contribution in [3.63, 3.8) is 0 Å². The van der Waals surface area contributed by atoms with Gasteiger partial charge in [0.15, 0.2) is 6.21 Å². The molecule has 3 nitrogen and oxygen atoms in total. The molecule has 1 fully saturated rings. The maximum Gasteiger partial charge on any atom is 0.417 e. The van der Waals surface area contributed by atoms with Crippen LogP contribution in [0.5, 0.6) is 0 Å². The van der Waals surface area contributed by atoms with Crippen molar-refractivity contribution in [3.05, 3.63) is 40.6 Å². The van der Waals surface area contributed by atoms with Crippen molar-refractivity contribution in [1.82, 2.24) is 0 Å². The summed E-state index contributed by atoms with van der Waals surface area (Å²) in [4.78, 5) is 11.9. The van der Waals surface area contributed by atoms with Gasteiger partial charge in [-0.3, -0.25) is 4.79 Å². The molecule has 1 aliphatic rings. The summed E-state index contributed by atoms with van der Waals surface area (Å²) in [5.74, 6) is -0.218. The van der Waals surface area contributed by atoms with Crippen molar-refractivity contribution in [1.29, 1.82) is 0 Å². The van der Waals surface area contributed by atoms with Crippen LogP contribution in [-0.4, -0.2) is 22.3 Å². The summed E-state index contributed by atoms with van der Waals surface area (Å²) in [7, 11) is 0. The molecule has 2 rings (SSSR count). The first-order valence-corrected chi connectivity index (χ1v) is 6.76. The molecule has 0 spiro atoms. The van der Waals surface area contributed by atoms with Gasteiger partial charge in [0.2, 0.25) is 11.3 Å². The zero-order valence-corrected chi connectivity index (χ0v) is 11.6. The standard InChI is InChI=1S/C15H16F3NO2/c1-14(9-5-4-8-13(14)20)19(21)10-11-6-2-3-7-12(11)15(16,17)18/h2-3,6-7,10H,4-5,8-9H2,1H3/b19-10-. The maximum absolute atomic E-state index is 12.9. The van der Waals surface area contributed by atoms with Crippen LogP contribution in [-0.2, 0) is 11.0 Å². The van der Waals surface area contributed by atoms with Crippen LogP contribution in [0.15, 0.2) is 24.3 Å². The van der Waals surface area contributed by atoms with Crippen LogP contribution in [0.1, 0.15) is 43.7 Å². The largest absolute Gasteiger partial charge is 0.623 e. The second-order valence-electron chi connectivity index (χ2n) is 5.44. The predicted octanol–water partition coefficient (Wildman–Crippen LogP) is 3.54. The smallest absolute Gasteiger partial charge is 0.417 e. The first-order chi connectivity index (χ1) is 9.75. The second kappa shape index (κ2) is 5.50. The molecule has 0 radical (unpaired) electrons. The molecule has 1 unspecified atom stereocenters. The minimum atomic E-state index is -4.54. The highest BCUT2D eigenvalue weighted by Gasteiger charge is 2.43. The Hall–Kier alpha value is -1.85. The van der Waals surface area contributed by atoms with Crippen molar-refractivity contribution in [2.24, 2.45) is 0 Å². The summed E-state index contributed by atoms with van der Waals surface area (Å²) < 4.78 is 39.1. The van der Waals surface area contributed by atoms with Crippen molar-refractivity contribution in [2.75, 3.05) is 0 Å². The van der Waals surface area contributed by atoms with Crippen LogP contribution in [0.2, 0.25) is 0 Å². The highest BCUT2D eigenvalue weighted by Crippen LogP contribution is 2.32. The molecule has 0 aliphatic heterocycles. The van der Waals surface area contributed by atoms with Crippen molar-refractivity contribution >= 4 is 12.0 Å². The molecule has 0 heterocycles. The van der Waals surface area contributed by atoms with Gasteiger partial charge in [0.25, 0.3) is 0 Å². The third-order valence-corrected chi connectivity index (χ3v) is 3.93. The van der Waals surface area contributed by atoms with E-state index in [0.717, 1.165) is 25.1 Å². The lowest BCUT2D eigenvalue weighted by Gasteiger charge is -2.30. The molecule has 1 aliphatic carbocycles. The molecule has 1 atom stereocenters. The van der Waals surface area contributed by atoms with Crippen LogP contribution in [0.4, 0.5) is 13.2 Å². The average Bonchev–Trinajstić information content (AvgIpc) is 2.41. The Labute approximate surface area is 120 Å². The summed E-state index contributed by atoms with van der Waals surface area (Å²) in [5.41, 5.74) is -2.37. The van der Waals surface area contributed by atoms with E-state index in [1.54, 1.807) is 0 Å². The number of nitrogens with zero attached hydrogens (tertiary/aromatic N) is 1. The zero-order chi connectivity index (χ0) is 15.7. The average molecular weight is 299 g/mol. The molecule has 0 amide bonds. The van der Waals surface area contributed by atoms with Gasteiger partial charge >= 0.3 is 6.18 Å². The Kier molecular flexibility index (Phi) is 4.07. The van der Waals surface area contributed by atoms with Gasteiger partial charge in [-0.25, -0.2) is 0 Å². The molecule has 1 aromatic rings. The second-order valence-corrected chi connectivity index (χ2v) is 5.44. The van der Waals surface area contributed by atoms with E-state index in [-0.39, 0.29) is 11.3 Å². The summed E-state index contributed by atoms with van der Waals surface area (Å²) in [5, 5.41) is 12.3. The van der Waals surface area contributed by atoms with E-state index in [0.29, 0.717) is 17.6 Å². The molecular formula is C15H16F3NO2. The van der Waals surface area contributed by atoms with Gasteiger partial charge in [-0.1, -0.05) is 12.1 Å². The van der Waals surface area contributed by atoms with Crippen LogP contribution in [0.3, 0.4) is 0 Å². The first kappa shape index (κ1) is 15.5. The molecule has 0 bridgehead atoms. The summed E-state index contributed by atoms with van der Waals surface area (Å²) >= 11 is 0. The maximum atomic E-state index is 12.9. The number of hydroxylamine groups is 1. The van der Waals surface area contributed by atoms with Crippen LogP contribution >= 0.6 is 0 Å². The number of carbonyl (C=O) groups excluding carboxylic acids is 1. The fourth-order valence-corrected chi connectivity index (χ4v) is 2.53. The highest BCUT2D eigenvalue weighted by atomic mass is 19.4. The fraction of sp³-hybridized carbons (Fsp3) is 0.467. The summed E-state index contributed by atoms with van der Waals surface area (Å²) in [6.45, 7) is 1.49. The zero-order valence-electron chi connectivity index (χ0n) is 11.6. The number of alkyl halides is 3. The summed E-state index contributed by atoms with van der Waals surface area (Å²) in [6.07, 6.45) is -1.56. The molecule has 0 aromatic heterocycles. The van der Waals surface area contributed by atoms with E-state index in [1.807, 2.05) is 0 Å². The van der Waals surface area contributed by atoms with E-state index in [1.165, 1.54) is 25.1 Å². The fourth-order valence-electron chi connectivity index (χ4n) is 2.53. The number of hydrogen-bond acceptors (Lipinski definition) is 2. The molecule has 114 valence electrons. The Bertz CT molecular complexity index is 581. The van der Waals surface area contributed by atoms with Gasteiger partial charge in [-0.05, 0) is 25.0 Å². The van der Waals surface area contributed by atoms with E-state index >= 15 is 0 Å². The Morgan fingerprint density at radius 2 is 1.95 bits per heavy atom. The number of benzene rings is 1. The number of carbonyl (C=O) groups is 1. The minimum Gasteiger partial charge on any atom is -0.623 e. The highest BCUT2D eigenvalue weighted by molar-refractivity contribution is 5.88. The Morgan fingerprint density at radius 1 is 1.29 bits per heavy atom. The first-order valence-electron chi connectivity index (χ1n) is 6.76. The number of ketones is 1. The van der Waals surface area contributed by atoms with Crippen molar-refractivity contribution in [2.45, 2.75) is 44.3 Å². The van der Waals surface area contributed by atoms with E-state index < -0.39 is 17.3 Å².